The standard InChI is InChI=1S/C12H12FN3O3S/c1-2-19-11(18)9-10(17)16(12(20)15-14-9)8-5-3-7(13)4-6-8/h3-6,12,15,20H,2H2,1H3. The van der Waals surface area contributed by atoms with Crippen LogP contribution in [0.25, 0.3) is 0 Å². The number of hydrazone groups is 1. The molecular formula is C12H12FN3O3S. The van der Waals surface area contributed by atoms with Gasteiger partial charge in [0.2, 0.25) is 5.71 Å². The maximum absolute atomic E-state index is 12.9. The Kier molecular flexibility index (Phi) is 4.23. The number of hydrogen-bond acceptors (Lipinski definition) is 6. The van der Waals surface area contributed by atoms with Crippen molar-refractivity contribution in [1.82, 2.24) is 5.43 Å². The van der Waals surface area contributed by atoms with Crippen molar-refractivity contribution in [2.45, 2.75) is 12.4 Å². The minimum atomic E-state index is -0.822. The topological polar surface area (TPSA) is 71.0 Å². The first-order chi connectivity index (χ1) is 9.54. The van der Waals surface area contributed by atoms with Crippen molar-refractivity contribution in [3.63, 3.8) is 0 Å². The molecule has 0 saturated carbocycles. The van der Waals surface area contributed by atoms with Crippen LogP contribution in [0.5, 0.6) is 0 Å². The number of rotatable bonds is 3. The van der Waals surface area contributed by atoms with Crippen LogP contribution >= 0.6 is 12.6 Å². The molecule has 1 amide bonds. The Hall–Kier alpha value is -2.09. The first kappa shape index (κ1) is 14.3. The lowest BCUT2D eigenvalue weighted by molar-refractivity contribution is -0.135. The lowest BCUT2D eigenvalue weighted by Gasteiger charge is -2.31. The van der Waals surface area contributed by atoms with Gasteiger partial charge >= 0.3 is 5.97 Å². The molecule has 1 aliphatic rings. The SMILES string of the molecule is CCOC(=O)C1=NNC(S)N(c2ccc(F)cc2)C1=O. The van der Waals surface area contributed by atoms with E-state index < -0.39 is 23.2 Å². The molecule has 1 aromatic carbocycles. The number of ether oxygens (including phenoxy) is 1. The number of carbonyl (C=O) groups excluding carboxylic acids is 2. The summed E-state index contributed by atoms with van der Waals surface area (Å²) in [7, 11) is 0. The Bertz CT molecular complexity index is 562. The zero-order valence-corrected chi connectivity index (χ0v) is 11.4. The van der Waals surface area contributed by atoms with Crippen LogP contribution in [0.2, 0.25) is 0 Å². The number of benzene rings is 1. The maximum atomic E-state index is 12.9. The average molecular weight is 297 g/mol. The van der Waals surface area contributed by atoms with E-state index in [9.17, 15) is 14.0 Å². The Labute approximate surface area is 120 Å². The molecule has 0 radical (unpaired) electrons. The van der Waals surface area contributed by atoms with Gasteiger partial charge in [0.1, 0.15) is 5.82 Å². The molecule has 20 heavy (non-hydrogen) atoms. The van der Waals surface area contributed by atoms with Crippen molar-refractivity contribution in [3.8, 4) is 0 Å². The van der Waals surface area contributed by atoms with Gasteiger partial charge in [-0.2, -0.15) is 5.10 Å². The molecular weight excluding hydrogens is 285 g/mol. The zero-order chi connectivity index (χ0) is 14.7. The van der Waals surface area contributed by atoms with Crippen LogP contribution in [0.15, 0.2) is 29.4 Å². The number of nitrogens with one attached hydrogen (secondary N) is 1. The Morgan fingerprint density at radius 1 is 1.50 bits per heavy atom. The summed E-state index contributed by atoms with van der Waals surface area (Å²) in [5.74, 6) is -1.91. The highest BCUT2D eigenvalue weighted by atomic mass is 32.1. The fraction of sp³-hybridized carbons (Fsp3) is 0.250. The van der Waals surface area contributed by atoms with Crippen molar-refractivity contribution in [2.75, 3.05) is 11.5 Å². The fourth-order valence-electron chi connectivity index (χ4n) is 1.65. The van der Waals surface area contributed by atoms with E-state index >= 15 is 0 Å². The molecule has 1 unspecified atom stereocenters. The summed E-state index contributed by atoms with van der Waals surface area (Å²) < 4.78 is 17.7. The molecule has 0 aliphatic carbocycles. The molecule has 6 nitrogen and oxygen atoms in total. The molecule has 2 rings (SSSR count). The summed E-state index contributed by atoms with van der Waals surface area (Å²) in [4.78, 5) is 25.1. The molecule has 8 heteroatoms. The molecule has 106 valence electrons. The summed E-state index contributed by atoms with van der Waals surface area (Å²) in [6, 6.07) is 5.23. The van der Waals surface area contributed by atoms with E-state index in [1.54, 1.807) is 6.92 Å². The third-order valence-corrected chi connectivity index (χ3v) is 2.88. The normalized spacial score (nSPS) is 18.4. The van der Waals surface area contributed by atoms with Gasteiger partial charge in [-0.3, -0.25) is 15.1 Å². The van der Waals surface area contributed by atoms with E-state index in [4.69, 9.17) is 4.74 Å². The molecule has 1 heterocycles. The van der Waals surface area contributed by atoms with Crippen molar-refractivity contribution in [3.05, 3.63) is 30.1 Å². The monoisotopic (exact) mass is 297 g/mol. The number of halogens is 1. The molecule has 0 fully saturated rings. The van der Waals surface area contributed by atoms with Gasteiger partial charge in [-0.05, 0) is 31.2 Å². The summed E-state index contributed by atoms with van der Waals surface area (Å²) in [6.07, 6.45) is 0. The summed E-state index contributed by atoms with van der Waals surface area (Å²) >= 11 is 4.16. The van der Waals surface area contributed by atoms with Crippen molar-refractivity contribution < 1.29 is 18.7 Å². The first-order valence-electron chi connectivity index (χ1n) is 5.82. The van der Waals surface area contributed by atoms with E-state index in [0.717, 1.165) is 0 Å². The Morgan fingerprint density at radius 2 is 2.15 bits per heavy atom. The van der Waals surface area contributed by atoms with Crippen molar-refractivity contribution in [2.24, 2.45) is 5.10 Å². The molecule has 0 spiro atoms. The number of amides is 1. The summed E-state index contributed by atoms with van der Waals surface area (Å²) in [6.45, 7) is 1.75. The van der Waals surface area contributed by atoms with Crippen LogP contribution in [-0.4, -0.2) is 29.7 Å². The van der Waals surface area contributed by atoms with Crippen LogP contribution in [0.3, 0.4) is 0 Å². The largest absolute Gasteiger partial charge is 0.461 e. The smallest absolute Gasteiger partial charge is 0.364 e. The van der Waals surface area contributed by atoms with Crippen molar-refractivity contribution in [1.29, 1.82) is 0 Å². The highest BCUT2D eigenvalue weighted by molar-refractivity contribution is 7.81. The van der Waals surface area contributed by atoms with Gasteiger partial charge < -0.3 is 4.74 Å². The van der Waals surface area contributed by atoms with E-state index in [0.29, 0.717) is 5.69 Å². The molecule has 0 bridgehead atoms. The van der Waals surface area contributed by atoms with Crippen LogP contribution in [-0.2, 0) is 14.3 Å². The second kappa shape index (κ2) is 5.91. The van der Waals surface area contributed by atoms with Gasteiger partial charge in [-0.1, -0.05) is 0 Å². The number of carbonyl (C=O) groups is 2. The highest BCUT2D eigenvalue weighted by Crippen LogP contribution is 2.21. The Morgan fingerprint density at radius 3 is 2.75 bits per heavy atom. The number of hydrogen-bond donors (Lipinski definition) is 2. The van der Waals surface area contributed by atoms with E-state index in [-0.39, 0.29) is 12.3 Å². The zero-order valence-electron chi connectivity index (χ0n) is 10.5. The summed E-state index contributed by atoms with van der Waals surface area (Å²) in [5.41, 5.74) is 1.79. The quantitative estimate of drug-likeness (QED) is 0.642. The van der Waals surface area contributed by atoms with Crippen LogP contribution in [0.1, 0.15) is 6.92 Å². The lowest BCUT2D eigenvalue weighted by atomic mass is 10.2. The van der Waals surface area contributed by atoms with Gasteiger partial charge in [-0.15, -0.1) is 12.6 Å². The molecule has 0 saturated heterocycles. The Balaban J connectivity index is 2.30. The second-order valence-electron chi connectivity index (χ2n) is 3.84. The van der Waals surface area contributed by atoms with E-state index in [1.165, 1.54) is 29.2 Å². The van der Waals surface area contributed by atoms with Gasteiger partial charge in [0.25, 0.3) is 5.91 Å². The van der Waals surface area contributed by atoms with Gasteiger partial charge in [0.05, 0.1) is 6.61 Å². The average Bonchev–Trinajstić information content (AvgIpc) is 2.41. The third-order valence-electron chi connectivity index (χ3n) is 2.53. The maximum Gasteiger partial charge on any atom is 0.364 e. The number of thiol groups is 1. The molecule has 0 aromatic heterocycles. The fourth-order valence-corrected chi connectivity index (χ4v) is 1.94. The number of nitrogens with zero attached hydrogens (tertiary/aromatic N) is 2. The van der Waals surface area contributed by atoms with Crippen LogP contribution in [0.4, 0.5) is 10.1 Å². The molecule has 1 N–H and O–H groups in total. The van der Waals surface area contributed by atoms with E-state index in [1.807, 2.05) is 0 Å². The molecule has 1 aliphatic heterocycles. The molecule has 1 aromatic rings. The number of anilines is 1. The van der Waals surface area contributed by atoms with Gasteiger partial charge in [0.15, 0.2) is 5.50 Å². The van der Waals surface area contributed by atoms with Crippen LogP contribution < -0.4 is 10.3 Å². The highest BCUT2D eigenvalue weighted by Gasteiger charge is 2.35. The molecule has 1 atom stereocenters. The first-order valence-corrected chi connectivity index (χ1v) is 6.33. The predicted octanol–water partition coefficient (Wildman–Crippen LogP) is 0.894. The lowest BCUT2D eigenvalue weighted by Crippen LogP contribution is -2.54. The number of esters is 1. The predicted molar refractivity (Wildman–Crippen MR) is 73.9 cm³/mol. The minimum absolute atomic E-state index is 0.131. The van der Waals surface area contributed by atoms with Gasteiger partial charge in [-0.25, -0.2) is 9.18 Å². The van der Waals surface area contributed by atoms with E-state index in [2.05, 4.69) is 23.2 Å². The third kappa shape index (κ3) is 2.74. The minimum Gasteiger partial charge on any atom is -0.461 e. The second-order valence-corrected chi connectivity index (χ2v) is 4.32. The summed E-state index contributed by atoms with van der Waals surface area (Å²) in [5, 5.41) is 3.65. The van der Waals surface area contributed by atoms with Gasteiger partial charge in [0, 0.05) is 5.69 Å². The van der Waals surface area contributed by atoms with Crippen molar-refractivity contribution >= 4 is 35.9 Å². The van der Waals surface area contributed by atoms with Crippen LogP contribution in [0, 0.1) is 5.82 Å².